The smallest absolute Gasteiger partial charge is 0.243 e. The lowest BCUT2D eigenvalue weighted by molar-refractivity contribution is -0.114. The standard InChI is InChI=1S/C16H16BrFN2O/c1-10-7-14(8-11(2)16(10)17)19-9-15(21)20-13-5-3-12(18)4-6-13/h3-8,19H,9H2,1-2H3,(H,20,21). The second-order valence-corrected chi connectivity index (χ2v) is 5.63. The van der Waals surface area contributed by atoms with E-state index in [4.69, 9.17) is 0 Å². The van der Waals surface area contributed by atoms with Gasteiger partial charge in [0.05, 0.1) is 6.54 Å². The highest BCUT2D eigenvalue weighted by Crippen LogP contribution is 2.24. The number of nitrogens with one attached hydrogen (secondary N) is 2. The fourth-order valence-electron chi connectivity index (χ4n) is 1.97. The van der Waals surface area contributed by atoms with Gasteiger partial charge in [-0.05, 0) is 61.4 Å². The molecule has 0 aliphatic heterocycles. The van der Waals surface area contributed by atoms with Crippen LogP contribution in [0.3, 0.4) is 0 Å². The molecule has 3 nitrogen and oxygen atoms in total. The van der Waals surface area contributed by atoms with Crippen molar-refractivity contribution < 1.29 is 9.18 Å². The van der Waals surface area contributed by atoms with E-state index >= 15 is 0 Å². The molecule has 0 fully saturated rings. The molecule has 0 saturated heterocycles. The van der Waals surface area contributed by atoms with Crippen LogP contribution >= 0.6 is 15.9 Å². The zero-order valence-corrected chi connectivity index (χ0v) is 13.4. The maximum absolute atomic E-state index is 12.8. The lowest BCUT2D eigenvalue weighted by Gasteiger charge is -2.11. The van der Waals surface area contributed by atoms with Crippen LogP contribution in [0.25, 0.3) is 0 Å². The SMILES string of the molecule is Cc1cc(NCC(=O)Nc2ccc(F)cc2)cc(C)c1Br. The second-order valence-electron chi connectivity index (χ2n) is 4.83. The number of carbonyl (C=O) groups is 1. The van der Waals surface area contributed by atoms with Crippen molar-refractivity contribution in [2.45, 2.75) is 13.8 Å². The highest BCUT2D eigenvalue weighted by molar-refractivity contribution is 9.10. The quantitative estimate of drug-likeness (QED) is 0.864. The van der Waals surface area contributed by atoms with E-state index < -0.39 is 0 Å². The van der Waals surface area contributed by atoms with Gasteiger partial charge in [0.15, 0.2) is 0 Å². The van der Waals surface area contributed by atoms with Crippen LogP contribution in [0.2, 0.25) is 0 Å². The number of halogens is 2. The number of amides is 1. The molecule has 0 aliphatic carbocycles. The molecule has 5 heteroatoms. The summed E-state index contributed by atoms with van der Waals surface area (Å²) in [6.07, 6.45) is 0. The van der Waals surface area contributed by atoms with Gasteiger partial charge in [0.2, 0.25) is 5.91 Å². The third-order valence-corrected chi connectivity index (χ3v) is 4.27. The van der Waals surface area contributed by atoms with Crippen LogP contribution < -0.4 is 10.6 Å². The fourth-order valence-corrected chi connectivity index (χ4v) is 2.20. The van der Waals surface area contributed by atoms with Crippen LogP contribution in [-0.2, 0) is 4.79 Å². The molecule has 1 amide bonds. The van der Waals surface area contributed by atoms with Crippen LogP contribution in [-0.4, -0.2) is 12.5 Å². The van der Waals surface area contributed by atoms with Crippen molar-refractivity contribution in [1.29, 1.82) is 0 Å². The Bertz CT molecular complexity index is 633. The summed E-state index contributed by atoms with van der Waals surface area (Å²) in [5.74, 6) is -0.508. The van der Waals surface area contributed by atoms with E-state index in [1.165, 1.54) is 24.3 Å². The van der Waals surface area contributed by atoms with E-state index in [1.807, 2.05) is 26.0 Å². The van der Waals surface area contributed by atoms with E-state index in [2.05, 4.69) is 26.6 Å². The zero-order chi connectivity index (χ0) is 15.4. The van der Waals surface area contributed by atoms with Gasteiger partial charge in [0, 0.05) is 15.8 Å². The minimum absolute atomic E-state index is 0.151. The average Bonchev–Trinajstić information content (AvgIpc) is 2.45. The van der Waals surface area contributed by atoms with Crippen molar-refractivity contribution in [2.75, 3.05) is 17.2 Å². The largest absolute Gasteiger partial charge is 0.376 e. The highest BCUT2D eigenvalue weighted by atomic mass is 79.9. The van der Waals surface area contributed by atoms with Gasteiger partial charge in [-0.2, -0.15) is 0 Å². The van der Waals surface area contributed by atoms with Crippen LogP contribution in [0.4, 0.5) is 15.8 Å². The summed E-state index contributed by atoms with van der Waals surface area (Å²) in [4.78, 5) is 11.8. The summed E-state index contributed by atoms with van der Waals surface area (Å²) in [5, 5.41) is 5.78. The predicted octanol–water partition coefficient (Wildman–Crippen LogP) is 4.26. The molecule has 21 heavy (non-hydrogen) atoms. The van der Waals surface area contributed by atoms with E-state index in [1.54, 1.807) is 0 Å². The molecule has 110 valence electrons. The summed E-state index contributed by atoms with van der Waals surface area (Å²) >= 11 is 3.51. The third-order valence-electron chi connectivity index (χ3n) is 3.02. The zero-order valence-electron chi connectivity index (χ0n) is 11.8. The second kappa shape index (κ2) is 6.72. The molecule has 0 aliphatic rings. The lowest BCUT2D eigenvalue weighted by atomic mass is 10.1. The Hall–Kier alpha value is -1.88. The Labute approximate surface area is 131 Å². The molecule has 0 spiro atoms. The molecular weight excluding hydrogens is 335 g/mol. The lowest BCUT2D eigenvalue weighted by Crippen LogP contribution is -2.21. The van der Waals surface area contributed by atoms with Gasteiger partial charge in [-0.3, -0.25) is 4.79 Å². The van der Waals surface area contributed by atoms with Gasteiger partial charge in [-0.15, -0.1) is 0 Å². The molecule has 0 radical (unpaired) electrons. The third kappa shape index (κ3) is 4.29. The summed E-state index contributed by atoms with van der Waals surface area (Å²) < 4.78 is 13.8. The number of anilines is 2. The van der Waals surface area contributed by atoms with E-state index in [9.17, 15) is 9.18 Å². The first-order valence-electron chi connectivity index (χ1n) is 6.52. The van der Waals surface area contributed by atoms with E-state index in [0.29, 0.717) is 5.69 Å². The van der Waals surface area contributed by atoms with Crippen molar-refractivity contribution in [3.63, 3.8) is 0 Å². The van der Waals surface area contributed by atoms with Gasteiger partial charge in [-0.1, -0.05) is 15.9 Å². The normalized spacial score (nSPS) is 10.3. The van der Waals surface area contributed by atoms with Crippen LogP contribution in [0.5, 0.6) is 0 Å². The first-order chi connectivity index (χ1) is 9.95. The molecule has 0 saturated carbocycles. The van der Waals surface area contributed by atoms with Crippen molar-refractivity contribution >= 4 is 33.2 Å². The number of benzene rings is 2. The Morgan fingerprint density at radius 3 is 2.24 bits per heavy atom. The van der Waals surface area contributed by atoms with Crippen molar-refractivity contribution in [3.05, 3.63) is 57.8 Å². The van der Waals surface area contributed by atoms with Gasteiger partial charge in [-0.25, -0.2) is 4.39 Å². The Balaban J connectivity index is 1.93. The van der Waals surface area contributed by atoms with Crippen molar-refractivity contribution in [1.82, 2.24) is 0 Å². The maximum Gasteiger partial charge on any atom is 0.243 e. The Kier molecular flexibility index (Phi) is 4.96. The molecule has 2 N–H and O–H groups in total. The molecular formula is C16H16BrFN2O. The summed E-state index contributed by atoms with van der Waals surface area (Å²) in [5.41, 5.74) is 3.68. The summed E-state index contributed by atoms with van der Waals surface area (Å²) in [7, 11) is 0. The molecule has 0 bridgehead atoms. The van der Waals surface area contributed by atoms with Crippen LogP contribution in [0, 0.1) is 19.7 Å². The molecule has 0 aromatic heterocycles. The summed E-state index contributed by atoms with van der Waals surface area (Å²) in [6, 6.07) is 9.63. The monoisotopic (exact) mass is 350 g/mol. The Morgan fingerprint density at radius 1 is 1.10 bits per heavy atom. The van der Waals surface area contributed by atoms with Crippen molar-refractivity contribution in [2.24, 2.45) is 0 Å². The van der Waals surface area contributed by atoms with Gasteiger partial charge in [0.25, 0.3) is 0 Å². The molecule has 2 aromatic carbocycles. The Morgan fingerprint density at radius 2 is 1.67 bits per heavy atom. The minimum Gasteiger partial charge on any atom is -0.376 e. The van der Waals surface area contributed by atoms with Gasteiger partial charge >= 0.3 is 0 Å². The number of aryl methyl sites for hydroxylation is 2. The molecule has 0 atom stereocenters. The van der Waals surface area contributed by atoms with Gasteiger partial charge in [0.1, 0.15) is 5.82 Å². The van der Waals surface area contributed by atoms with Crippen molar-refractivity contribution in [3.8, 4) is 0 Å². The van der Waals surface area contributed by atoms with E-state index in [-0.39, 0.29) is 18.3 Å². The molecule has 0 heterocycles. The van der Waals surface area contributed by atoms with Crippen LogP contribution in [0.15, 0.2) is 40.9 Å². The topological polar surface area (TPSA) is 41.1 Å². The minimum atomic E-state index is -0.327. The predicted molar refractivity (Wildman–Crippen MR) is 87.1 cm³/mol. The first kappa shape index (κ1) is 15.5. The summed E-state index contributed by atoms with van der Waals surface area (Å²) in [6.45, 7) is 4.15. The molecule has 2 aromatic rings. The average molecular weight is 351 g/mol. The fraction of sp³-hybridized carbons (Fsp3) is 0.188. The number of carbonyl (C=O) groups excluding carboxylic acids is 1. The molecule has 2 rings (SSSR count). The maximum atomic E-state index is 12.8. The van der Waals surface area contributed by atoms with Gasteiger partial charge < -0.3 is 10.6 Å². The number of hydrogen-bond acceptors (Lipinski definition) is 2. The van der Waals surface area contributed by atoms with Crippen LogP contribution in [0.1, 0.15) is 11.1 Å². The highest BCUT2D eigenvalue weighted by Gasteiger charge is 2.05. The van der Waals surface area contributed by atoms with E-state index in [0.717, 1.165) is 21.3 Å². The first-order valence-corrected chi connectivity index (χ1v) is 7.31. The number of rotatable bonds is 4. The number of hydrogen-bond donors (Lipinski definition) is 2. The molecule has 0 unspecified atom stereocenters.